The van der Waals surface area contributed by atoms with E-state index in [-0.39, 0.29) is 36.6 Å². The van der Waals surface area contributed by atoms with Crippen LogP contribution in [0.2, 0.25) is 0 Å². The highest BCUT2D eigenvalue weighted by atomic mass is 127. The molecule has 0 bridgehead atoms. The van der Waals surface area contributed by atoms with Gasteiger partial charge in [0.1, 0.15) is 5.01 Å². The third-order valence-corrected chi connectivity index (χ3v) is 7.85. The molecule has 1 aliphatic rings. The van der Waals surface area contributed by atoms with Crippen LogP contribution in [0.25, 0.3) is 0 Å². The Morgan fingerprint density at radius 1 is 1.15 bits per heavy atom. The number of aryl methyl sites for hydroxylation is 2. The van der Waals surface area contributed by atoms with Crippen LogP contribution in [0.3, 0.4) is 0 Å². The fourth-order valence-corrected chi connectivity index (χ4v) is 5.00. The molecule has 0 radical (unpaired) electrons. The summed E-state index contributed by atoms with van der Waals surface area (Å²) >= 11 is 3.40. The summed E-state index contributed by atoms with van der Waals surface area (Å²) < 4.78 is 0.759. The minimum Gasteiger partial charge on any atom is -0.351 e. The van der Waals surface area contributed by atoms with Crippen molar-refractivity contribution in [2.24, 2.45) is 0 Å². The van der Waals surface area contributed by atoms with E-state index in [1.54, 1.807) is 0 Å². The summed E-state index contributed by atoms with van der Waals surface area (Å²) in [5, 5.41) is 24.8. The predicted octanol–water partition coefficient (Wildman–Crippen LogP) is 2.67. The number of carbonyl (C=O) groups excluding carboxylic acids is 3. The molecule has 1 aliphatic carbocycles. The molecule has 0 saturated carbocycles. The first-order valence-electron chi connectivity index (χ1n) is 10.9. The number of aromatic nitrogens is 4. The topological polar surface area (TPSA) is 142 Å². The van der Waals surface area contributed by atoms with Gasteiger partial charge in [-0.25, -0.2) is 0 Å². The van der Waals surface area contributed by atoms with Gasteiger partial charge in [-0.3, -0.25) is 19.5 Å². The van der Waals surface area contributed by atoms with Crippen LogP contribution >= 0.6 is 33.9 Å². The van der Waals surface area contributed by atoms with Crippen molar-refractivity contribution in [3.63, 3.8) is 0 Å². The number of hydrogen-bond acceptors (Lipinski definition) is 7. The summed E-state index contributed by atoms with van der Waals surface area (Å²) in [6, 6.07) is 7.06. The van der Waals surface area contributed by atoms with Gasteiger partial charge in [-0.2, -0.15) is 5.10 Å². The van der Waals surface area contributed by atoms with Crippen molar-refractivity contribution in [3.05, 3.63) is 55.4 Å². The Morgan fingerprint density at radius 3 is 2.62 bits per heavy atom. The molecule has 178 valence electrons. The monoisotopic (exact) mass is 593 g/mol. The van der Waals surface area contributed by atoms with E-state index < -0.39 is 6.04 Å². The fourth-order valence-electron chi connectivity index (χ4n) is 3.82. The third-order valence-electron chi connectivity index (χ3n) is 5.55. The second kappa shape index (κ2) is 10.6. The molecule has 2 atom stereocenters. The highest BCUT2D eigenvalue weighted by molar-refractivity contribution is 14.1. The number of carbonyl (C=O) groups is 3. The summed E-state index contributed by atoms with van der Waals surface area (Å²) in [7, 11) is 0. The molecular formula is C22H24IN7O3S. The summed E-state index contributed by atoms with van der Waals surface area (Å²) in [5.74, 6) is -0.863. The molecule has 2 aromatic heterocycles. The average molecular weight is 593 g/mol. The van der Waals surface area contributed by atoms with Crippen LogP contribution in [-0.2, 0) is 22.4 Å². The molecule has 10 nitrogen and oxygen atoms in total. The van der Waals surface area contributed by atoms with Gasteiger partial charge in [0.05, 0.1) is 15.7 Å². The van der Waals surface area contributed by atoms with E-state index in [2.05, 4.69) is 58.9 Å². The highest BCUT2D eigenvalue weighted by Crippen LogP contribution is 2.32. The number of rotatable bonds is 8. The SMILES string of the molecule is CCc1nnc(NC(=O)CCC(=O)N[C@@H]2Cc3ccccc3[C@H]2NC(=O)c2n[nH]c(C)c2I)s1. The van der Waals surface area contributed by atoms with Crippen molar-refractivity contribution in [1.82, 2.24) is 31.0 Å². The summed E-state index contributed by atoms with van der Waals surface area (Å²) in [6.45, 7) is 3.81. The van der Waals surface area contributed by atoms with Crippen molar-refractivity contribution >= 4 is 56.8 Å². The number of benzene rings is 1. The minimum atomic E-state index is -0.400. The molecule has 2 heterocycles. The van der Waals surface area contributed by atoms with Crippen molar-refractivity contribution in [2.45, 2.75) is 51.6 Å². The zero-order valence-corrected chi connectivity index (χ0v) is 21.6. The number of H-pyrrole nitrogens is 1. The first-order valence-corrected chi connectivity index (χ1v) is 12.8. The third kappa shape index (κ3) is 5.43. The predicted molar refractivity (Wildman–Crippen MR) is 135 cm³/mol. The maximum atomic E-state index is 12.9. The number of nitrogens with zero attached hydrogens (tertiary/aromatic N) is 3. The first kappa shape index (κ1) is 24.3. The molecule has 0 fully saturated rings. The van der Waals surface area contributed by atoms with Gasteiger partial charge in [0, 0.05) is 18.5 Å². The van der Waals surface area contributed by atoms with Crippen LogP contribution in [0, 0.1) is 10.5 Å². The number of anilines is 1. The molecular weight excluding hydrogens is 569 g/mol. The van der Waals surface area contributed by atoms with E-state index in [1.165, 1.54) is 11.3 Å². The number of fused-ring (bicyclic) bond motifs is 1. The van der Waals surface area contributed by atoms with Crippen LogP contribution < -0.4 is 16.0 Å². The van der Waals surface area contributed by atoms with Gasteiger partial charge in [-0.05, 0) is 53.5 Å². The van der Waals surface area contributed by atoms with Gasteiger partial charge in [-0.1, -0.05) is 42.5 Å². The minimum absolute atomic E-state index is 0.0221. The molecule has 4 N–H and O–H groups in total. The van der Waals surface area contributed by atoms with E-state index in [0.29, 0.717) is 17.2 Å². The number of aromatic amines is 1. The first-order chi connectivity index (χ1) is 16.4. The maximum Gasteiger partial charge on any atom is 0.273 e. The summed E-state index contributed by atoms with van der Waals surface area (Å²) in [4.78, 5) is 37.8. The lowest BCUT2D eigenvalue weighted by Crippen LogP contribution is -2.44. The molecule has 0 spiro atoms. The van der Waals surface area contributed by atoms with Crippen molar-refractivity contribution < 1.29 is 14.4 Å². The summed E-state index contributed by atoms with van der Waals surface area (Å²) in [5.41, 5.74) is 3.17. The van der Waals surface area contributed by atoms with Gasteiger partial charge in [-0.15, -0.1) is 10.2 Å². The maximum absolute atomic E-state index is 12.9. The quantitative estimate of drug-likeness (QED) is 0.296. The van der Waals surface area contributed by atoms with E-state index in [1.807, 2.05) is 38.1 Å². The molecule has 3 aromatic rings. The fraction of sp³-hybridized carbons (Fsp3) is 0.364. The van der Waals surface area contributed by atoms with Crippen LogP contribution in [0.5, 0.6) is 0 Å². The van der Waals surface area contributed by atoms with E-state index in [9.17, 15) is 14.4 Å². The normalized spacial score (nSPS) is 16.7. The molecule has 4 rings (SSSR count). The molecule has 0 aliphatic heterocycles. The van der Waals surface area contributed by atoms with Gasteiger partial charge < -0.3 is 16.0 Å². The van der Waals surface area contributed by atoms with Crippen LogP contribution in [0.1, 0.15) is 58.1 Å². The van der Waals surface area contributed by atoms with Crippen molar-refractivity contribution in [1.29, 1.82) is 0 Å². The van der Waals surface area contributed by atoms with Crippen LogP contribution in [-0.4, -0.2) is 44.2 Å². The molecule has 12 heteroatoms. The zero-order chi connectivity index (χ0) is 24.2. The highest BCUT2D eigenvalue weighted by Gasteiger charge is 2.35. The lowest BCUT2D eigenvalue weighted by molar-refractivity contribution is -0.125. The number of hydrogen-bond donors (Lipinski definition) is 4. The lowest BCUT2D eigenvalue weighted by Gasteiger charge is -2.23. The van der Waals surface area contributed by atoms with E-state index in [0.717, 1.165) is 31.8 Å². The largest absolute Gasteiger partial charge is 0.351 e. The molecule has 0 unspecified atom stereocenters. The Morgan fingerprint density at radius 2 is 1.91 bits per heavy atom. The standard InChI is InChI=1S/C22H24IN7O3S/c1-3-17-28-30-22(34-17)25-16(32)9-8-15(31)24-14-10-12-6-4-5-7-13(12)19(14)26-21(33)20-18(23)11(2)27-29-20/h4-7,14,19H,3,8-10H2,1-2H3,(H,24,31)(H,26,33)(H,27,29)(H,25,30,32)/t14-,19-/m1/s1. The van der Waals surface area contributed by atoms with Crippen LogP contribution in [0.4, 0.5) is 5.13 Å². The molecule has 1 aromatic carbocycles. The zero-order valence-electron chi connectivity index (χ0n) is 18.6. The van der Waals surface area contributed by atoms with Crippen molar-refractivity contribution in [3.8, 4) is 0 Å². The summed E-state index contributed by atoms with van der Waals surface area (Å²) in [6.07, 6.45) is 1.38. The van der Waals surface area contributed by atoms with Crippen molar-refractivity contribution in [2.75, 3.05) is 5.32 Å². The Hall–Kier alpha value is -2.87. The number of nitrogens with one attached hydrogen (secondary N) is 4. The van der Waals surface area contributed by atoms with E-state index >= 15 is 0 Å². The van der Waals surface area contributed by atoms with Crippen LogP contribution in [0.15, 0.2) is 24.3 Å². The smallest absolute Gasteiger partial charge is 0.273 e. The Labute approximate surface area is 213 Å². The second-order valence-corrected chi connectivity index (χ2v) is 10.1. The van der Waals surface area contributed by atoms with Gasteiger partial charge >= 0.3 is 0 Å². The number of amides is 3. The Bertz CT molecular complexity index is 1220. The second-order valence-electron chi connectivity index (χ2n) is 7.94. The molecule has 3 amide bonds. The number of halogens is 1. The average Bonchev–Trinajstić information content (AvgIpc) is 3.51. The van der Waals surface area contributed by atoms with Gasteiger partial charge in [0.2, 0.25) is 16.9 Å². The lowest BCUT2D eigenvalue weighted by atomic mass is 10.1. The van der Waals surface area contributed by atoms with Gasteiger partial charge in [0.15, 0.2) is 5.69 Å². The Kier molecular flexibility index (Phi) is 7.56. The molecule has 34 heavy (non-hydrogen) atoms. The van der Waals surface area contributed by atoms with Gasteiger partial charge in [0.25, 0.3) is 5.91 Å². The van der Waals surface area contributed by atoms with E-state index in [4.69, 9.17) is 0 Å². The Balaban J connectivity index is 1.37. The molecule has 0 saturated heterocycles.